The van der Waals surface area contributed by atoms with E-state index in [1.807, 2.05) is 0 Å². The van der Waals surface area contributed by atoms with Gasteiger partial charge in [-0.3, -0.25) is 4.79 Å². The van der Waals surface area contributed by atoms with Crippen molar-refractivity contribution >= 4 is 5.97 Å². The van der Waals surface area contributed by atoms with Crippen molar-refractivity contribution in [2.24, 2.45) is 0 Å². The van der Waals surface area contributed by atoms with Crippen molar-refractivity contribution in [3.63, 3.8) is 0 Å². The maximum Gasteiger partial charge on any atom is 0.305 e. The summed E-state index contributed by atoms with van der Waals surface area (Å²) in [5, 5.41) is 9.50. The SMILES string of the molecule is CC#CCC[C@@H](O)CCCC(=O)OCC. The molecule has 3 nitrogen and oxygen atoms in total. The van der Waals surface area contributed by atoms with Crippen molar-refractivity contribution in [2.75, 3.05) is 6.61 Å². The minimum Gasteiger partial charge on any atom is -0.466 e. The third-order valence-corrected chi connectivity index (χ3v) is 2.00. The van der Waals surface area contributed by atoms with E-state index in [1.165, 1.54) is 0 Å². The van der Waals surface area contributed by atoms with Gasteiger partial charge in [0.25, 0.3) is 0 Å². The molecular formula is C12H20O3. The number of esters is 1. The highest BCUT2D eigenvalue weighted by Gasteiger charge is 2.06. The van der Waals surface area contributed by atoms with Gasteiger partial charge in [0.15, 0.2) is 0 Å². The zero-order valence-corrected chi connectivity index (χ0v) is 9.58. The lowest BCUT2D eigenvalue weighted by Crippen LogP contribution is -2.09. The lowest BCUT2D eigenvalue weighted by atomic mass is 10.1. The molecule has 0 radical (unpaired) electrons. The summed E-state index contributed by atoms with van der Waals surface area (Å²) in [7, 11) is 0. The van der Waals surface area contributed by atoms with E-state index in [-0.39, 0.29) is 12.1 Å². The zero-order chi connectivity index (χ0) is 11.5. The van der Waals surface area contributed by atoms with E-state index in [4.69, 9.17) is 4.74 Å². The third-order valence-electron chi connectivity index (χ3n) is 2.00. The zero-order valence-electron chi connectivity index (χ0n) is 9.58. The van der Waals surface area contributed by atoms with Crippen molar-refractivity contribution in [3.05, 3.63) is 0 Å². The maximum atomic E-state index is 11.0. The Morgan fingerprint density at radius 3 is 2.80 bits per heavy atom. The van der Waals surface area contributed by atoms with Gasteiger partial charge in [-0.05, 0) is 33.1 Å². The molecule has 0 spiro atoms. The molecule has 0 unspecified atom stereocenters. The van der Waals surface area contributed by atoms with Crippen molar-refractivity contribution in [3.8, 4) is 11.8 Å². The molecular weight excluding hydrogens is 192 g/mol. The van der Waals surface area contributed by atoms with Gasteiger partial charge >= 0.3 is 5.97 Å². The van der Waals surface area contributed by atoms with E-state index < -0.39 is 0 Å². The summed E-state index contributed by atoms with van der Waals surface area (Å²) in [5.41, 5.74) is 0. The molecule has 0 saturated carbocycles. The summed E-state index contributed by atoms with van der Waals surface area (Å²) in [6.07, 6.45) is 2.77. The first-order valence-electron chi connectivity index (χ1n) is 5.44. The van der Waals surface area contributed by atoms with E-state index in [1.54, 1.807) is 13.8 Å². The number of hydrogen-bond acceptors (Lipinski definition) is 3. The van der Waals surface area contributed by atoms with Crippen LogP contribution in [0.3, 0.4) is 0 Å². The van der Waals surface area contributed by atoms with Crippen LogP contribution in [0, 0.1) is 11.8 Å². The minimum atomic E-state index is -0.347. The summed E-state index contributed by atoms with van der Waals surface area (Å²) >= 11 is 0. The van der Waals surface area contributed by atoms with Crippen molar-refractivity contribution in [1.82, 2.24) is 0 Å². The quantitative estimate of drug-likeness (QED) is 0.518. The van der Waals surface area contributed by atoms with E-state index >= 15 is 0 Å². The fourth-order valence-electron chi connectivity index (χ4n) is 1.22. The van der Waals surface area contributed by atoms with Crippen molar-refractivity contribution in [1.29, 1.82) is 0 Å². The van der Waals surface area contributed by atoms with Crippen LogP contribution in [0.1, 0.15) is 46.0 Å². The molecule has 1 N–H and O–H groups in total. The standard InChI is InChI=1S/C12H20O3/c1-3-5-6-8-11(13)9-7-10-12(14)15-4-2/h11,13H,4,6-10H2,1-2H3/t11-/m1/s1. The first-order valence-corrected chi connectivity index (χ1v) is 5.44. The van der Waals surface area contributed by atoms with Crippen molar-refractivity contribution < 1.29 is 14.6 Å². The van der Waals surface area contributed by atoms with Gasteiger partial charge in [-0.15, -0.1) is 11.8 Å². The fourth-order valence-corrected chi connectivity index (χ4v) is 1.22. The molecule has 0 bridgehead atoms. The van der Waals surface area contributed by atoms with E-state index in [2.05, 4.69) is 11.8 Å². The predicted molar refractivity (Wildman–Crippen MR) is 59.2 cm³/mol. The van der Waals surface area contributed by atoms with Gasteiger partial charge in [0.05, 0.1) is 12.7 Å². The van der Waals surface area contributed by atoms with E-state index in [0.717, 1.165) is 6.42 Å². The van der Waals surface area contributed by atoms with Gasteiger partial charge < -0.3 is 9.84 Å². The van der Waals surface area contributed by atoms with Gasteiger partial charge in [-0.1, -0.05) is 0 Å². The smallest absolute Gasteiger partial charge is 0.305 e. The van der Waals surface area contributed by atoms with Gasteiger partial charge in [0, 0.05) is 12.8 Å². The van der Waals surface area contributed by atoms with Gasteiger partial charge in [-0.25, -0.2) is 0 Å². The number of rotatable bonds is 7. The first kappa shape index (κ1) is 14.0. The number of carbonyl (C=O) groups excluding carboxylic acids is 1. The Bertz CT molecular complexity index is 225. The van der Waals surface area contributed by atoms with Crippen LogP contribution >= 0.6 is 0 Å². The second-order valence-corrected chi connectivity index (χ2v) is 3.32. The average molecular weight is 212 g/mol. The van der Waals surface area contributed by atoms with Crippen LogP contribution in [0.2, 0.25) is 0 Å². The van der Waals surface area contributed by atoms with Gasteiger partial charge in [0.1, 0.15) is 0 Å². The highest BCUT2D eigenvalue weighted by molar-refractivity contribution is 5.69. The molecule has 0 aliphatic heterocycles. The van der Waals surface area contributed by atoms with Crippen LogP contribution in [0.4, 0.5) is 0 Å². The summed E-state index contributed by atoms with van der Waals surface area (Å²) in [4.78, 5) is 11.0. The molecule has 1 atom stereocenters. The first-order chi connectivity index (χ1) is 7.20. The fraction of sp³-hybridized carbons (Fsp3) is 0.750. The van der Waals surface area contributed by atoms with Crippen LogP contribution in [-0.2, 0) is 9.53 Å². The monoisotopic (exact) mass is 212 g/mol. The lowest BCUT2D eigenvalue weighted by Gasteiger charge is -2.07. The molecule has 0 aliphatic carbocycles. The van der Waals surface area contributed by atoms with Crippen LogP contribution in [0.5, 0.6) is 0 Å². The second-order valence-electron chi connectivity index (χ2n) is 3.32. The molecule has 0 saturated heterocycles. The normalized spacial score (nSPS) is 11.4. The predicted octanol–water partition coefficient (Wildman–Crippen LogP) is 1.88. The Labute approximate surface area is 91.8 Å². The highest BCUT2D eigenvalue weighted by Crippen LogP contribution is 2.07. The van der Waals surface area contributed by atoms with Crippen LogP contribution in [0.15, 0.2) is 0 Å². The summed E-state index contributed by atoms with van der Waals surface area (Å²) in [5.74, 6) is 5.49. The lowest BCUT2D eigenvalue weighted by molar-refractivity contribution is -0.143. The Kier molecular flexibility index (Phi) is 8.90. The van der Waals surface area contributed by atoms with Crippen molar-refractivity contribution in [2.45, 2.75) is 52.1 Å². The topological polar surface area (TPSA) is 46.5 Å². The van der Waals surface area contributed by atoms with Crippen LogP contribution < -0.4 is 0 Å². The summed E-state index contributed by atoms with van der Waals surface area (Å²) in [6, 6.07) is 0. The molecule has 0 heterocycles. The van der Waals surface area contributed by atoms with E-state index in [9.17, 15) is 9.90 Å². The summed E-state index contributed by atoms with van der Waals surface area (Å²) < 4.78 is 4.78. The molecule has 0 fully saturated rings. The molecule has 0 rings (SSSR count). The third kappa shape index (κ3) is 9.30. The van der Waals surface area contributed by atoms with Crippen LogP contribution in [-0.4, -0.2) is 23.8 Å². The number of aliphatic hydroxyl groups excluding tert-OH is 1. The molecule has 0 aromatic rings. The number of ether oxygens (including phenoxy) is 1. The Morgan fingerprint density at radius 2 is 2.20 bits per heavy atom. The largest absolute Gasteiger partial charge is 0.466 e. The second kappa shape index (κ2) is 9.54. The molecule has 0 aromatic heterocycles. The average Bonchev–Trinajstić information content (AvgIpc) is 2.18. The molecule has 86 valence electrons. The number of carbonyl (C=O) groups is 1. The minimum absolute atomic E-state index is 0.182. The Morgan fingerprint density at radius 1 is 1.47 bits per heavy atom. The molecule has 3 heteroatoms. The van der Waals surface area contributed by atoms with E-state index in [0.29, 0.717) is 32.3 Å². The number of aliphatic hydroxyl groups is 1. The highest BCUT2D eigenvalue weighted by atomic mass is 16.5. The van der Waals surface area contributed by atoms with Gasteiger partial charge in [0.2, 0.25) is 0 Å². The van der Waals surface area contributed by atoms with Crippen LogP contribution in [0.25, 0.3) is 0 Å². The molecule has 0 amide bonds. The molecule has 15 heavy (non-hydrogen) atoms. The summed E-state index contributed by atoms with van der Waals surface area (Å²) in [6.45, 7) is 4.00. The number of hydrogen-bond donors (Lipinski definition) is 1. The molecule has 0 aliphatic rings. The Hall–Kier alpha value is -1.01. The Balaban J connectivity index is 3.40. The molecule has 0 aromatic carbocycles. The van der Waals surface area contributed by atoms with Gasteiger partial charge in [-0.2, -0.15) is 0 Å². The maximum absolute atomic E-state index is 11.0.